The summed E-state index contributed by atoms with van der Waals surface area (Å²) in [5.74, 6) is 0.952. The SMILES string of the molecule is Cc1cnc(C(C)CN=C(N)N2CCN(c3nccs3)CC2)s1.I. The third-order valence-electron chi connectivity index (χ3n) is 3.88. The van der Waals surface area contributed by atoms with Crippen LogP contribution in [-0.4, -0.2) is 53.6 Å². The van der Waals surface area contributed by atoms with E-state index in [1.165, 1.54) is 4.88 Å². The molecule has 0 aliphatic carbocycles. The Bertz CT molecular complexity index is 649. The van der Waals surface area contributed by atoms with E-state index < -0.39 is 0 Å². The van der Waals surface area contributed by atoms with E-state index in [1.54, 1.807) is 22.7 Å². The zero-order chi connectivity index (χ0) is 16.2. The average molecular weight is 478 g/mol. The monoisotopic (exact) mass is 478 g/mol. The van der Waals surface area contributed by atoms with E-state index in [4.69, 9.17) is 5.73 Å². The van der Waals surface area contributed by atoms with Crippen LogP contribution in [0.4, 0.5) is 5.13 Å². The smallest absolute Gasteiger partial charge is 0.191 e. The van der Waals surface area contributed by atoms with Gasteiger partial charge in [0.1, 0.15) is 0 Å². The Morgan fingerprint density at radius 1 is 1.33 bits per heavy atom. The minimum atomic E-state index is 0. The van der Waals surface area contributed by atoms with Crippen molar-refractivity contribution in [3.05, 3.63) is 27.7 Å². The number of thiazole rings is 2. The summed E-state index contributed by atoms with van der Waals surface area (Å²) in [6.07, 6.45) is 3.77. The summed E-state index contributed by atoms with van der Waals surface area (Å²) in [4.78, 5) is 19.1. The Hall–Kier alpha value is -0.940. The standard InChI is InChI=1S/C15H22N6S2.HI/c1-11(13-18-10-12(2)23-13)9-19-14(16)20-4-6-21(7-5-20)15-17-3-8-22-15;/h3,8,10-11H,4-7,9H2,1-2H3,(H2,16,19);1H. The molecule has 0 spiro atoms. The number of aryl methyl sites for hydroxylation is 1. The Morgan fingerprint density at radius 3 is 2.67 bits per heavy atom. The molecule has 0 aromatic carbocycles. The van der Waals surface area contributed by atoms with Crippen molar-refractivity contribution < 1.29 is 0 Å². The summed E-state index contributed by atoms with van der Waals surface area (Å²) in [6.45, 7) is 8.56. The first-order chi connectivity index (χ1) is 11.1. The fourth-order valence-electron chi connectivity index (χ4n) is 2.51. The molecule has 1 fully saturated rings. The molecule has 0 radical (unpaired) electrons. The summed E-state index contributed by atoms with van der Waals surface area (Å²) < 4.78 is 0. The number of piperazine rings is 1. The van der Waals surface area contributed by atoms with Crippen LogP contribution in [-0.2, 0) is 0 Å². The van der Waals surface area contributed by atoms with Crippen LogP contribution in [0, 0.1) is 6.92 Å². The van der Waals surface area contributed by atoms with Gasteiger partial charge in [-0.15, -0.1) is 46.7 Å². The molecule has 0 amide bonds. The van der Waals surface area contributed by atoms with E-state index in [1.807, 2.05) is 17.8 Å². The Labute approximate surface area is 167 Å². The molecule has 3 heterocycles. The van der Waals surface area contributed by atoms with Crippen LogP contribution < -0.4 is 10.6 Å². The zero-order valence-electron chi connectivity index (χ0n) is 13.9. The topological polar surface area (TPSA) is 70.6 Å². The second-order valence-electron chi connectivity index (χ2n) is 5.70. The van der Waals surface area contributed by atoms with Crippen LogP contribution in [0.1, 0.15) is 22.7 Å². The Morgan fingerprint density at radius 2 is 2.08 bits per heavy atom. The van der Waals surface area contributed by atoms with Gasteiger partial charge in [-0.25, -0.2) is 9.97 Å². The lowest BCUT2D eigenvalue weighted by atomic mass is 10.2. The van der Waals surface area contributed by atoms with Crippen LogP contribution in [0.5, 0.6) is 0 Å². The fraction of sp³-hybridized carbons (Fsp3) is 0.533. The number of rotatable bonds is 4. The second-order valence-corrected chi connectivity index (χ2v) is 7.84. The lowest BCUT2D eigenvalue weighted by molar-refractivity contribution is 0.380. The third kappa shape index (κ3) is 4.79. The molecule has 1 aliphatic rings. The van der Waals surface area contributed by atoms with E-state index in [-0.39, 0.29) is 24.0 Å². The highest BCUT2D eigenvalue weighted by Gasteiger charge is 2.20. The Balaban J connectivity index is 0.00000208. The summed E-state index contributed by atoms with van der Waals surface area (Å²) >= 11 is 3.42. The van der Waals surface area contributed by atoms with Gasteiger partial charge in [0.15, 0.2) is 11.1 Å². The Kier molecular flexibility index (Phi) is 7.23. The normalized spacial score (nSPS) is 16.8. The van der Waals surface area contributed by atoms with E-state index in [0.29, 0.717) is 18.4 Å². The number of nitrogens with zero attached hydrogens (tertiary/aromatic N) is 5. The molecule has 1 atom stereocenters. The minimum absolute atomic E-state index is 0. The van der Waals surface area contributed by atoms with Crippen LogP contribution in [0.2, 0.25) is 0 Å². The lowest BCUT2D eigenvalue weighted by Gasteiger charge is -2.35. The average Bonchev–Trinajstić information content (AvgIpc) is 3.24. The maximum atomic E-state index is 6.17. The largest absolute Gasteiger partial charge is 0.370 e. The van der Waals surface area contributed by atoms with Crippen molar-refractivity contribution in [3.8, 4) is 0 Å². The van der Waals surface area contributed by atoms with Gasteiger partial charge in [-0.2, -0.15) is 0 Å². The number of hydrogen-bond acceptors (Lipinski definition) is 6. The molecule has 9 heteroatoms. The number of aliphatic imine (C=N–C) groups is 1. The highest BCUT2D eigenvalue weighted by atomic mass is 127. The number of anilines is 1. The molecule has 2 aromatic heterocycles. The van der Waals surface area contributed by atoms with Crippen molar-refractivity contribution in [2.75, 3.05) is 37.6 Å². The molecule has 0 saturated carbocycles. The highest BCUT2D eigenvalue weighted by molar-refractivity contribution is 14.0. The minimum Gasteiger partial charge on any atom is -0.370 e. The molecule has 1 unspecified atom stereocenters. The second kappa shape index (κ2) is 8.95. The number of nitrogens with two attached hydrogens (primary N) is 1. The summed E-state index contributed by atoms with van der Waals surface area (Å²) in [5.41, 5.74) is 6.17. The van der Waals surface area contributed by atoms with Gasteiger partial charge in [0.2, 0.25) is 0 Å². The van der Waals surface area contributed by atoms with Gasteiger partial charge in [-0.1, -0.05) is 6.92 Å². The van der Waals surface area contributed by atoms with Crippen molar-refractivity contribution in [1.29, 1.82) is 0 Å². The summed E-state index contributed by atoms with van der Waals surface area (Å²) in [5, 5.41) is 4.24. The molecule has 2 aromatic rings. The summed E-state index contributed by atoms with van der Waals surface area (Å²) in [6, 6.07) is 0. The molecule has 1 aliphatic heterocycles. The first-order valence-electron chi connectivity index (χ1n) is 7.75. The molecule has 24 heavy (non-hydrogen) atoms. The van der Waals surface area contributed by atoms with Crippen molar-refractivity contribution >= 4 is 57.7 Å². The zero-order valence-corrected chi connectivity index (χ0v) is 17.8. The first-order valence-corrected chi connectivity index (χ1v) is 9.44. The predicted octanol–water partition coefficient (Wildman–Crippen LogP) is 2.77. The first kappa shape index (κ1) is 19.4. The van der Waals surface area contributed by atoms with Crippen molar-refractivity contribution in [3.63, 3.8) is 0 Å². The molecular formula is C15H23IN6S2. The molecule has 6 nitrogen and oxygen atoms in total. The van der Waals surface area contributed by atoms with Gasteiger partial charge in [0, 0.05) is 54.7 Å². The van der Waals surface area contributed by atoms with Crippen LogP contribution in [0.15, 0.2) is 22.8 Å². The van der Waals surface area contributed by atoms with E-state index in [2.05, 4.69) is 38.6 Å². The number of hydrogen-bond donors (Lipinski definition) is 1. The fourth-order valence-corrected chi connectivity index (χ4v) is 4.02. The number of guanidine groups is 1. The molecule has 0 bridgehead atoms. The van der Waals surface area contributed by atoms with Crippen molar-refractivity contribution in [2.45, 2.75) is 19.8 Å². The van der Waals surface area contributed by atoms with Gasteiger partial charge < -0.3 is 15.5 Å². The van der Waals surface area contributed by atoms with E-state index in [9.17, 15) is 0 Å². The highest BCUT2D eigenvalue weighted by Crippen LogP contribution is 2.21. The third-order valence-corrected chi connectivity index (χ3v) is 5.86. The molecule has 132 valence electrons. The van der Waals surface area contributed by atoms with E-state index >= 15 is 0 Å². The number of halogens is 1. The van der Waals surface area contributed by atoms with Gasteiger partial charge in [0.05, 0.1) is 11.6 Å². The quantitative estimate of drug-likeness (QED) is 0.416. The molecule has 1 saturated heterocycles. The molecular weight excluding hydrogens is 455 g/mol. The summed E-state index contributed by atoms with van der Waals surface area (Å²) in [7, 11) is 0. The van der Waals surface area contributed by atoms with Crippen molar-refractivity contribution in [1.82, 2.24) is 14.9 Å². The van der Waals surface area contributed by atoms with Crippen LogP contribution >= 0.6 is 46.7 Å². The van der Waals surface area contributed by atoms with Gasteiger partial charge in [-0.05, 0) is 6.92 Å². The van der Waals surface area contributed by atoms with E-state index in [0.717, 1.165) is 36.3 Å². The van der Waals surface area contributed by atoms with Gasteiger partial charge in [-0.3, -0.25) is 4.99 Å². The maximum Gasteiger partial charge on any atom is 0.191 e. The van der Waals surface area contributed by atoms with Gasteiger partial charge in [0.25, 0.3) is 0 Å². The lowest BCUT2D eigenvalue weighted by Crippen LogP contribution is -2.51. The number of aromatic nitrogens is 2. The van der Waals surface area contributed by atoms with Crippen LogP contribution in [0.25, 0.3) is 0 Å². The predicted molar refractivity (Wildman–Crippen MR) is 113 cm³/mol. The molecule has 3 rings (SSSR count). The van der Waals surface area contributed by atoms with Crippen LogP contribution in [0.3, 0.4) is 0 Å². The molecule has 2 N–H and O–H groups in total. The van der Waals surface area contributed by atoms with Gasteiger partial charge >= 0.3 is 0 Å². The van der Waals surface area contributed by atoms with Crippen molar-refractivity contribution in [2.24, 2.45) is 10.7 Å². The maximum absolute atomic E-state index is 6.17.